The third-order valence-electron chi connectivity index (χ3n) is 6.45. The molecule has 0 atom stereocenters. The van der Waals surface area contributed by atoms with Crippen LogP contribution in [0.3, 0.4) is 0 Å². The number of hydrogen-bond acceptors (Lipinski definition) is 1. The van der Waals surface area contributed by atoms with E-state index in [1.807, 2.05) is 0 Å². The molecular formula is C30H31NO. The highest BCUT2D eigenvalue weighted by molar-refractivity contribution is 5.95. The maximum atomic E-state index is 5.86. The molecule has 0 aliphatic heterocycles. The van der Waals surface area contributed by atoms with Crippen molar-refractivity contribution in [2.24, 2.45) is 0 Å². The third kappa shape index (κ3) is 4.10. The van der Waals surface area contributed by atoms with Crippen LogP contribution in [-0.4, -0.2) is 11.2 Å². The highest BCUT2D eigenvalue weighted by atomic mass is 16.5. The lowest BCUT2D eigenvalue weighted by atomic mass is 10.0. The van der Waals surface area contributed by atoms with E-state index in [0.717, 1.165) is 38.2 Å². The van der Waals surface area contributed by atoms with E-state index in [1.54, 1.807) is 0 Å². The predicted octanol–water partition coefficient (Wildman–Crippen LogP) is 7.94. The Labute approximate surface area is 191 Å². The second-order valence-electron chi connectivity index (χ2n) is 8.94. The molecule has 0 saturated carbocycles. The van der Waals surface area contributed by atoms with E-state index in [1.165, 1.54) is 50.0 Å². The van der Waals surface area contributed by atoms with Gasteiger partial charge in [0, 0.05) is 17.4 Å². The quantitative estimate of drug-likeness (QED) is 0.263. The van der Waals surface area contributed by atoms with Crippen LogP contribution in [0, 0.1) is 13.8 Å². The topological polar surface area (TPSA) is 14.2 Å². The van der Waals surface area contributed by atoms with Crippen molar-refractivity contribution in [3.05, 3.63) is 95.1 Å². The maximum Gasteiger partial charge on any atom is 0.119 e. The number of fused-ring (bicyclic) bond motifs is 1. The molecule has 32 heavy (non-hydrogen) atoms. The summed E-state index contributed by atoms with van der Waals surface area (Å²) in [4.78, 5) is 0. The lowest BCUT2D eigenvalue weighted by molar-refractivity contribution is 0.309. The number of unbranched alkanes of at least 4 members (excludes halogenated alkanes) is 1. The SMILES string of the molecule is CCCCOc1ccc(Cn2c(-c3ccc(C)cc3)c(C)c3cc(C4=CC4)ccc32)cc1. The van der Waals surface area contributed by atoms with Gasteiger partial charge in [0.1, 0.15) is 5.75 Å². The first-order valence-electron chi connectivity index (χ1n) is 11.7. The summed E-state index contributed by atoms with van der Waals surface area (Å²) in [6.45, 7) is 8.22. The molecule has 0 N–H and O–H groups in total. The van der Waals surface area contributed by atoms with E-state index in [4.69, 9.17) is 4.74 Å². The van der Waals surface area contributed by atoms with E-state index in [9.17, 15) is 0 Å². The number of ether oxygens (including phenoxy) is 1. The fourth-order valence-electron chi connectivity index (χ4n) is 4.46. The van der Waals surface area contributed by atoms with Gasteiger partial charge < -0.3 is 9.30 Å². The van der Waals surface area contributed by atoms with Crippen LogP contribution in [0.2, 0.25) is 0 Å². The minimum absolute atomic E-state index is 0.785. The van der Waals surface area contributed by atoms with Gasteiger partial charge in [0.25, 0.3) is 0 Å². The second-order valence-corrected chi connectivity index (χ2v) is 8.94. The lowest BCUT2D eigenvalue weighted by Crippen LogP contribution is -2.03. The molecular weight excluding hydrogens is 390 g/mol. The van der Waals surface area contributed by atoms with Crippen molar-refractivity contribution in [2.45, 2.75) is 46.6 Å². The summed E-state index contributed by atoms with van der Waals surface area (Å²) >= 11 is 0. The number of rotatable bonds is 8. The molecule has 0 amide bonds. The highest BCUT2D eigenvalue weighted by Gasteiger charge is 2.18. The van der Waals surface area contributed by atoms with Gasteiger partial charge in [-0.2, -0.15) is 0 Å². The van der Waals surface area contributed by atoms with E-state index in [-0.39, 0.29) is 0 Å². The summed E-state index contributed by atoms with van der Waals surface area (Å²) in [7, 11) is 0. The Morgan fingerprint density at radius 1 is 0.875 bits per heavy atom. The molecule has 5 rings (SSSR count). The van der Waals surface area contributed by atoms with Gasteiger partial charge >= 0.3 is 0 Å². The van der Waals surface area contributed by atoms with Crippen molar-refractivity contribution in [3.8, 4) is 17.0 Å². The summed E-state index contributed by atoms with van der Waals surface area (Å²) in [6.07, 6.45) is 5.68. The highest BCUT2D eigenvalue weighted by Crippen LogP contribution is 2.38. The van der Waals surface area contributed by atoms with Crippen molar-refractivity contribution < 1.29 is 4.74 Å². The van der Waals surface area contributed by atoms with Gasteiger partial charge in [-0.25, -0.2) is 0 Å². The molecule has 0 spiro atoms. The van der Waals surface area contributed by atoms with Crippen LogP contribution < -0.4 is 4.74 Å². The molecule has 1 aromatic heterocycles. The predicted molar refractivity (Wildman–Crippen MR) is 135 cm³/mol. The van der Waals surface area contributed by atoms with Gasteiger partial charge in [-0.15, -0.1) is 0 Å². The minimum Gasteiger partial charge on any atom is -0.494 e. The zero-order chi connectivity index (χ0) is 22.1. The Morgan fingerprint density at radius 3 is 2.28 bits per heavy atom. The minimum atomic E-state index is 0.785. The summed E-state index contributed by atoms with van der Waals surface area (Å²) in [5, 5.41) is 1.35. The number of allylic oxidation sites excluding steroid dienone is 2. The van der Waals surface area contributed by atoms with Crippen LogP contribution in [0.1, 0.15) is 48.4 Å². The summed E-state index contributed by atoms with van der Waals surface area (Å²) < 4.78 is 8.34. The van der Waals surface area contributed by atoms with Crippen LogP contribution in [0.25, 0.3) is 27.7 Å². The standard InChI is InChI=1S/C30H31NO/c1-4-5-18-32-27-15-8-23(9-16-27)20-31-29-17-14-26(24-12-13-24)19-28(29)22(3)30(31)25-10-6-21(2)7-11-25/h6-12,14-17,19H,4-5,13,18,20H2,1-3H3. The maximum absolute atomic E-state index is 5.86. The average molecular weight is 422 g/mol. The molecule has 0 unspecified atom stereocenters. The normalized spacial score (nSPS) is 12.8. The van der Waals surface area contributed by atoms with Gasteiger partial charge in [-0.1, -0.05) is 67.4 Å². The van der Waals surface area contributed by atoms with Crippen molar-refractivity contribution in [2.75, 3.05) is 6.61 Å². The summed E-state index contributed by atoms with van der Waals surface area (Å²) in [5.74, 6) is 0.955. The summed E-state index contributed by atoms with van der Waals surface area (Å²) in [5.41, 5.74) is 10.6. The molecule has 0 saturated heterocycles. The molecule has 2 nitrogen and oxygen atoms in total. The fourth-order valence-corrected chi connectivity index (χ4v) is 4.46. The molecule has 0 fully saturated rings. The van der Waals surface area contributed by atoms with Crippen LogP contribution in [0.4, 0.5) is 0 Å². The smallest absolute Gasteiger partial charge is 0.119 e. The van der Waals surface area contributed by atoms with Crippen LogP contribution in [-0.2, 0) is 6.54 Å². The van der Waals surface area contributed by atoms with Gasteiger partial charge in [-0.3, -0.25) is 0 Å². The lowest BCUT2D eigenvalue weighted by Gasteiger charge is -2.13. The zero-order valence-corrected chi connectivity index (χ0v) is 19.3. The molecule has 162 valence electrons. The van der Waals surface area contributed by atoms with E-state index in [2.05, 4.69) is 98.1 Å². The Hall–Kier alpha value is -3.26. The largest absolute Gasteiger partial charge is 0.494 e. The second kappa shape index (κ2) is 8.70. The van der Waals surface area contributed by atoms with E-state index < -0.39 is 0 Å². The van der Waals surface area contributed by atoms with E-state index in [0.29, 0.717) is 0 Å². The van der Waals surface area contributed by atoms with Crippen LogP contribution >= 0.6 is 0 Å². The molecule has 3 aromatic carbocycles. The van der Waals surface area contributed by atoms with Gasteiger partial charge in [0.05, 0.1) is 12.3 Å². The summed E-state index contributed by atoms with van der Waals surface area (Å²) in [6, 6.07) is 24.5. The zero-order valence-electron chi connectivity index (χ0n) is 19.3. The Morgan fingerprint density at radius 2 is 1.59 bits per heavy atom. The molecule has 4 aromatic rings. The first-order valence-corrected chi connectivity index (χ1v) is 11.7. The van der Waals surface area contributed by atoms with Crippen LogP contribution in [0.15, 0.2) is 72.8 Å². The third-order valence-corrected chi connectivity index (χ3v) is 6.45. The number of aromatic nitrogens is 1. The molecule has 2 heteroatoms. The van der Waals surface area contributed by atoms with Crippen LogP contribution in [0.5, 0.6) is 5.75 Å². The molecule has 0 bridgehead atoms. The Bertz CT molecular complexity index is 1270. The first kappa shape index (κ1) is 20.6. The first-order chi connectivity index (χ1) is 15.6. The van der Waals surface area contributed by atoms with Crippen molar-refractivity contribution >= 4 is 16.5 Å². The molecule has 0 radical (unpaired) electrons. The molecule has 1 heterocycles. The van der Waals surface area contributed by atoms with Gasteiger partial charge in [-0.05, 0) is 78.8 Å². The molecule has 1 aliphatic carbocycles. The van der Waals surface area contributed by atoms with Gasteiger partial charge in [0.15, 0.2) is 0 Å². The monoisotopic (exact) mass is 421 g/mol. The van der Waals surface area contributed by atoms with E-state index >= 15 is 0 Å². The average Bonchev–Trinajstić information content (AvgIpc) is 3.62. The number of aryl methyl sites for hydroxylation is 2. The Balaban J connectivity index is 1.55. The van der Waals surface area contributed by atoms with Gasteiger partial charge in [0.2, 0.25) is 0 Å². The fraction of sp³-hybridized carbons (Fsp3) is 0.267. The van der Waals surface area contributed by atoms with Crippen molar-refractivity contribution in [3.63, 3.8) is 0 Å². The Kier molecular flexibility index (Phi) is 5.61. The molecule has 1 aliphatic rings. The number of benzene rings is 3. The van der Waals surface area contributed by atoms with Crippen molar-refractivity contribution in [1.29, 1.82) is 0 Å². The number of nitrogens with zero attached hydrogens (tertiary/aromatic N) is 1. The van der Waals surface area contributed by atoms with Crippen molar-refractivity contribution in [1.82, 2.24) is 4.57 Å². The number of hydrogen-bond donors (Lipinski definition) is 0.